The Kier molecular flexibility index (Phi) is 3.44. The number of carbonyl (C=O) groups excluding carboxylic acids is 1. The molecule has 0 fully saturated rings. The third-order valence-electron chi connectivity index (χ3n) is 3.19. The standard InChI is InChI=1S/C15H16O4/c1-15(17,14(16)19-3)12-6-4-11-9-13(18-2)7-5-10(11)8-12/h4-9,17H,1-3H3. The molecule has 4 nitrogen and oxygen atoms in total. The number of rotatable bonds is 3. The van der Waals surface area contributed by atoms with E-state index in [0.717, 1.165) is 16.5 Å². The molecular formula is C15H16O4. The van der Waals surface area contributed by atoms with Gasteiger partial charge in [-0.3, -0.25) is 0 Å². The van der Waals surface area contributed by atoms with Gasteiger partial charge in [0, 0.05) is 0 Å². The summed E-state index contributed by atoms with van der Waals surface area (Å²) in [6.45, 7) is 1.42. The second-order valence-corrected chi connectivity index (χ2v) is 4.49. The average molecular weight is 260 g/mol. The fourth-order valence-corrected chi connectivity index (χ4v) is 1.97. The molecule has 1 N–H and O–H groups in total. The third kappa shape index (κ3) is 2.39. The van der Waals surface area contributed by atoms with Crippen molar-refractivity contribution in [1.82, 2.24) is 0 Å². The molecule has 2 aromatic carbocycles. The van der Waals surface area contributed by atoms with Gasteiger partial charge in [-0.1, -0.05) is 18.2 Å². The van der Waals surface area contributed by atoms with Crippen molar-refractivity contribution >= 4 is 16.7 Å². The molecule has 0 aliphatic rings. The van der Waals surface area contributed by atoms with Gasteiger partial charge >= 0.3 is 5.97 Å². The van der Waals surface area contributed by atoms with E-state index in [1.807, 2.05) is 24.3 Å². The fraction of sp³-hybridized carbons (Fsp3) is 0.267. The quantitative estimate of drug-likeness (QED) is 0.860. The zero-order chi connectivity index (χ0) is 14.0. The van der Waals surface area contributed by atoms with Crippen LogP contribution in [-0.2, 0) is 15.1 Å². The second-order valence-electron chi connectivity index (χ2n) is 4.49. The van der Waals surface area contributed by atoms with Crippen molar-refractivity contribution in [3.05, 3.63) is 42.0 Å². The first kappa shape index (κ1) is 13.4. The fourth-order valence-electron chi connectivity index (χ4n) is 1.97. The molecule has 1 atom stereocenters. The molecule has 2 aromatic rings. The number of carbonyl (C=O) groups is 1. The van der Waals surface area contributed by atoms with Crippen LogP contribution in [0.25, 0.3) is 10.8 Å². The molecule has 0 spiro atoms. The van der Waals surface area contributed by atoms with Crippen LogP contribution in [0, 0.1) is 0 Å². The minimum absolute atomic E-state index is 0.497. The van der Waals surface area contributed by atoms with E-state index < -0.39 is 11.6 Å². The van der Waals surface area contributed by atoms with Gasteiger partial charge in [-0.05, 0) is 41.5 Å². The maximum Gasteiger partial charge on any atom is 0.342 e. The van der Waals surface area contributed by atoms with Gasteiger partial charge < -0.3 is 14.6 Å². The molecule has 2 rings (SSSR count). The summed E-state index contributed by atoms with van der Waals surface area (Å²) in [5.74, 6) is 0.0836. The highest BCUT2D eigenvalue weighted by Gasteiger charge is 2.33. The normalized spacial score (nSPS) is 13.9. The van der Waals surface area contributed by atoms with E-state index in [0.29, 0.717) is 5.56 Å². The van der Waals surface area contributed by atoms with Gasteiger partial charge in [-0.2, -0.15) is 0 Å². The molecule has 0 aliphatic heterocycles. The van der Waals surface area contributed by atoms with Crippen molar-refractivity contribution in [2.24, 2.45) is 0 Å². The van der Waals surface area contributed by atoms with E-state index >= 15 is 0 Å². The van der Waals surface area contributed by atoms with Gasteiger partial charge in [0.1, 0.15) is 5.75 Å². The minimum Gasteiger partial charge on any atom is -0.497 e. The summed E-state index contributed by atoms with van der Waals surface area (Å²) < 4.78 is 9.76. The van der Waals surface area contributed by atoms with Crippen LogP contribution in [0.4, 0.5) is 0 Å². The van der Waals surface area contributed by atoms with Gasteiger partial charge in [0.05, 0.1) is 14.2 Å². The van der Waals surface area contributed by atoms with Crippen molar-refractivity contribution in [3.63, 3.8) is 0 Å². The molecule has 1 unspecified atom stereocenters. The largest absolute Gasteiger partial charge is 0.497 e. The van der Waals surface area contributed by atoms with E-state index in [9.17, 15) is 9.90 Å². The average Bonchev–Trinajstić information content (AvgIpc) is 2.44. The molecule has 0 radical (unpaired) electrons. The third-order valence-corrected chi connectivity index (χ3v) is 3.19. The lowest BCUT2D eigenvalue weighted by Gasteiger charge is -2.21. The molecule has 0 saturated heterocycles. The lowest BCUT2D eigenvalue weighted by molar-refractivity contribution is -0.161. The van der Waals surface area contributed by atoms with Crippen LogP contribution < -0.4 is 4.74 Å². The summed E-state index contributed by atoms with van der Waals surface area (Å²) in [5.41, 5.74) is -1.15. The van der Waals surface area contributed by atoms with Gasteiger partial charge in [0.15, 0.2) is 5.60 Å². The SMILES string of the molecule is COC(=O)C(C)(O)c1ccc2cc(OC)ccc2c1. The van der Waals surface area contributed by atoms with Gasteiger partial charge in [-0.25, -0.2) is 4.79 Å². The first-order valence-electron chi connectivity index (χ1n) is 5.88. The van der Waals surface area contributed by atoms with Crippen LogP contribution in [0.15, 0.2) is 36.4 Å². The first-order valence-corrected chi connectivity index (χ1v) is 5.88. The van der Waals surface area contributed by atoms with Crippen LogP contribution in [0.1, 0.15) is 12.5 Å². The molecule has 0 heterocycles. The number of esters is 1. The summed E-state index contributed by atoms with van der Waals surface area (Å²) in [6.07, 6.45) is 0. The van der Waals surface area contributed by atoms with Crippen molar-refractivity contribution in [2.75, 3.05) is 14.2 Å². The summed E-state index contributed by atoms with van der Waals surface area (Å²) in [7, 11) is 2.86. The summed E-state index contributed by atoms with van der Waals surface area (Å²) in [4.78, 5) is 11.6. The van der Waals surface area contributed by atoms with E-state index in [1.54, 1.807) is 19.2 Å². The number of benzene rings is 2. The van der Waals surface area contributed by atoms with Crippen LogP contribution in [-0.4, -0.2) is 25.3 Å². The Morgan fingerprint density at radius 2 is 1.74 bits per heavy atom. The number of hydrogen-bond donors (Lipinski definition) is 1. The predicted octanol–water partition coefficient (Wildman–Crippen LogP) is 2.23. The number of methoxy groups -OCH3 is 2. The molecule has 0 amide bonds. The predicted molar refractivity (Wildman–Crippen MR) is 72.1 cm³/mol. The molecular weight excluding hydrogens is 244 g/mol. The maximum atomic E-state index is 11.6. The van der Waals surface area contributed by atoms with E-state index in [1.165, 1.54) is 14.0 Å². The molecule has 0 bridgehead atoms. The Bertz CT molecular complexity index is 617. The monoisotopic (exact) mass is 260 g/mol. The summed E-state index contributed by atoms with van der Waals surface area (Å²) in [6, 6.07) is 10.9. The molecule has 0 saturated carbocycles. The van der Waals surface area contributed by atoms with Crippen molar-refractivity contribution < 1.29 is 19.4 Å². The van der Waals surface area contributed by atoms with Gasteiger partial charge in [0.2, 0.25) is 0 Å². The Hall–Kier alpha value is -2.07. The van der Waals surface area contributed by atoms with Crippen molar-refractivity contribution in [3.8, 4) is 5.75 Å². The Morgan fingerprint density at radius 1 is 1.11 bits per heavy atom. The van der Waals surface area contributed by atoms with E-state index in [4.69, 9.17) is 4.74 Å². The highest BCUT2D eigenvalue weighted by atomic mass is 16.5. The molecule has 4 heteroatoms. The zero-order valence-electron chi connectivity index (χ0n) is 11.1. The Balaban J connectivity index is 2.50. The van der Waals surface area contributed by atoms with Crippen LogP contribution >= 0.6 is 0 Å². The molecule has 0 aromatic heterocycles. The van der Waals surface area contributed by atoms with Gasteiger partial charge in [0.25, 0.3) is 0 Å². The summed E-state index contributed by atoms with van der Waals surface area (Å²) in [5, 5.41) is 12.1. The number of ether oxygens (including phenoxy) is 2. The zero-order valence-corrected chi connectivity index (χ0v) is 11.1. The van der Waals surface area contributed by atoms with Crippen molar-refractivity contribution in [2.45, 2.75) is 12.5 Å². The van der Waals surface area contributed by atoms with Crippen LogP contribution in [0.3, 0.4) is 0 Å². The van der Waals surface area contributed by atoms with Crippen LogP contribution in [0.5, 0.6) is 5.75 Å². The molecule has 0 aliphatic carbocycles. The Morgan fingerprint density at radius 3 is 2.37 bits per heavy atom. The smallest absolute Gasteiger partial charge is 0.342 e. The maximum absolute atomic E-state index is 11.6. The topological polar surface area (TPSA) is 55.8 Å². The first-order chi connectivity index (χ1) is 8.98. The molecule has 19 heavy (non-hydrogen) atoms. The van der Waals surface area contributed by atoms with Crippen LogP contribution in [0.2, 0.25) is 0 Å². The number of fused-ring (bicyclic) bond motifs is 1. The summed E-state index contributed by atoms with van der Waals surface area (Å²) >= 11 is 0. The minimum atomic E-state index is -1.65. The lowest BCUT2D eigenvalue weighted by atomic mass is 9.94. The number of hydrogen-bond acceptors (Lipinski definition) is 4. The highest BCUT2D eigenvalue weighted by Crippen LogP contribution is 2.27. The number of aliphatic hydroxyl groups is 1. The van der Waals surface area contributed by atoms with Crippen molar-refractivity contribution in [1.29, 1.82) is 0 Å². The van der Waals surface area contributed by atoms with E-state index in [2.05, 4.69) is 4.74 Å². The Labute approximate surface area is 111 Å². The second kappa shape index (κ2) is 4.90. The molecule has 100 valence electrons. The van der Waals surface area contributed by atoms with E-state index in [-0.39, 0.29) is 0 Å². The van der Waals surface area contributed by atoms with Gasteiger partial charge in [-0.15, -0.1) is 0 Å². The lowest BCUT2D eigenvalue weighted by Crippen LogP contribution is -2.33. The highest BCUT2D eigenvalue weighted by molar-refractivity contribution is 5.87.